The number of hydrogen-bond acceptors (Lipinski definition) is 2. The Morgan fingerprint density at radius 2 is 1.80 bits per heavy atom. The minimum Gasteiger partial charge on any atom is -0.461 e. The molecule has 2 heteroatoms. The van der Waals surface area contributed by atoms with Crippen molar-refractivity contribution < 1.29 is 9.52 Å². The number of rotatable bonds is 2. The molecule has 0 unspecified atom stereocenters. The van der Waals surface area contributed by atoms with E-state index in [1.165, 1.54) is 0 Å². The van der Waals surface area contributed by atoms with Gasteiger partial charge in [0.2, 0.25) is 0 Å². The molecule has 1 heterocycles. The Morgan fingerprint density at radius 1 is 1.13 bits per heavy atom. The lowest BCUT2D eigenvalue weighted by atomic mass is 10.1. The van der Waals surface area contributed by atoms with Crippen molar-refractivity contribution in [1.82, 2.24) is 0 Å². The Labute approximate surface area is 89.2 Å². The maximum atomic E-state index is 9.20. The maximum Gasteiger partial charge on any atom is 0.137 e. The van der Waals surface area contributed by atoms with E-state index in [-0.39, 0.29) is 6.61 Å². The normalized spacial score (nSPS) is 10.6. The van der Waals surface area contributed by atoms with Crippen molar-refractivity contribution in [2.24, 2.45) is 0 Å². The van der Waals surface area contributed by atoms with Crippen molar-refractivity contribution in [3.05, 3.63) is 47.2 Å². The van der Waals surface area contributed by atoms with E-state index in [1.807, 2.05) is 44.2 Å². The van der Waals surface area contributed by atoms with E-state index < -0.39 is 0 Å². The van der Waals surface area contributed by atoms with Gasteiger partial charge < -0.3 is 9.52 Å². The van der Waals surface area contributed by atoms with E-state index in [4.69, 9.17) is 4.42 Å². The van der Waals surface area contributed by atoms with Crippen LogP contribution in [0.1, 0.15) is 16.9 Å². The molecule has 0 aliphatic carbocycles. The van der Waals surface area contributed by atoms with Crippen molar-refractivity contribution in [3.63, 3.8) is 0 Å². The van der Waals surface area contributed by atoms with Gasteiger partial charge in [-0.05, 0) is 13.8 Å². The third-order valence-electron chi connectivity index (χ3n) is 2.67. The van der Waals surface area contributed by atoms with Gasteiger partial charge in [0.25, 0.3) is 0 Å². The Bertz CT molecular complexity index is 455. The number of furan rings is 1. The molecule has 0 saturated carbocycles. The van der Waals surface area contributed by atoms with Gasteiger partial charge in [0.1, 0.15) is 11.5 Å². The van der Waals surface area contributed by atoms with Crippen molar-refractivity contribution in [2.45, 2.75) is 20.5 Å². The number of hydrogen-bond donors (Lipinski definition) is 1. The largest absolute Gasteiger partial charge is 0.461 e. The summed E-state index contributed by atoms with van der Waals surface area (Å²) in [5, 5.41) is 9.20. The highest BCUT2D eigenvalue weighted by molar-refractivity contribution is 5.63. The zero-order chi connectivity index (χ0) is 10.8. The molecule has 1 aromatic carbocycles. The van der Waals surface area contributed by atoms with Gasteiger partial charge in [-0.25, -0.2) is 0 Å². The zero-order valence-corrected chi connectivity index (χ0v) is 8.95. The molecule has 78 valence electrons. The Hall–Kier alpha value is -1.54. The van der Waals surface area contributed by atoms with Gasteiger partial charge in [0.05, 0.1) is 6.61 Å². The smallest absolute Gasteiger partial charge is 0.137 e. The molecule has 2 rings (SSSR count). The lowest BCUT2D eigenvalue weighted by molar-refractivity contribution is 0.278. The summed E-state index contributed by atoms with van der Waals surface area (Å²) in [4.78, 5) is 0. The van der Waals surface area contributed by atoms with Gasteiger partial charge in [-0.15, -0.1) is 0 Å². The molecule has 0 fully saturated rings. The fourth-order valence-electron chi connectivity index (χ4n) is 1.79. The first-order valence-corrected chi connectivity index (χ1v) is 4.99. The molecular weight excluding hydrogens is 188 g/mol. The second-order valence-corrected chi connectivity index (χ2v) is 3.62. The van der Waals surface area contributed by atoms with Crippen LogP contribution in [0, 0.1) is 13.8 Å². The summed E-state index contributed by atoms with van der Waals surface area (Å²) in [6, 6.07) is 9.94. The van der Waals surface area contributed by atoms with E-state index in [0.29, 0.717) is 0 Å². The van der Waals surface area contributed by atoms with Gasteiger partial charge in [-0.3, -0.25) is 0 Å². The van der Waals surface area contributed by atoms with Gasteiger partial charge in [0.15, 0.2) is 0 Å². The van der Waals surface area contributed by atoms with Crippen LogP contribution in [0.15, 0.2) is 34.7 Å². The summed E-state index contributed by atoms with van der Waals surface area (Å²) in [7, 11) is 0. The molecule has 0 radical (unpaired) electrons. The molecule has 0 aliphatic heterocycles. The minimum absolute atomic E-state index is 0.0357. The summed E-state index contributed by atoms with van der Waals surface area (Å²) in [6.07, 6.45) is 0. The molecule has 0 aliphatic rings. The van der Waals surface area contributed by atoms with Crippen molar-refractivity contribution in [1.29, 1.82) is 0 Å². The fourth-order valence-corrected chi connectivity index (χ4v) is 1.79. The number of aliphatic hydroxyl groups excluding tert-OH is 1. The molecule has 0 saturated heterocycles. The molecule has 0 amide bonds. The topological polar surface area (TPSA) is 33.4 Å². The van der Waals surface area contributed by atoms with Crippen molar-refractivity contribution >= 4 is 0 Å². The van der Waals surface area contributed by atoms with Crippen molar-refractivity contribution in [3.8, 4) is 11.3 Å². The first kappa shape index (κ1) is 9.99. The van der Waals surface area contributed by atoms with Crippen LogP contribution in [0.3, 0.4) is 0 Å². The molecule has 0 spiro atoms. The molecular formula is C13H14O2. The Morgan fingerprint density at radius 3 is 2.33 bits per heavy atom. The van der Waals surface area contributed by atoms with Gasteiger partial charge in [-0.1, -0.05) is 30.3 Å². The molecule has 1 aromatic heterocycles. The first-order valence-electron chi connectivity index (χ1n) is 4.99. The lowest BCUT2D eigenvalue weighted by Gasteiger charge is -1.98. The highest BCUT2D eigenvalue weighted by Gasteiger charge is 2.14. The average Bonchev–Trinajstić information content (AvgIpc) is 2.55. The van der Waals surface area contributed by atoms with Gasteiger partial charge in [-0.2, -0.15) is 0 Å². The molecule has 1 N–H and O–H groups in total. The van der Waals surface area contributed by atoms with E-state index in [9.17, 15) is 5.11 Å². The predicted octanol–water partition coefficient (Wildman–Crippen LogP) is 3.06. The van der Waals surface area contributed by atoms with E-state index in [0.717, 1.165) is 28.2 Å². The quantitative estimate of drug-likeness (QED) is 0.811. The summed E-state index contributed by atoms with van der Waals surface area (Å²) in [6.45, 7) is 3.89. The Balaban J connectivity index is 2.55. The van der Waals surface area contributed by atoms with Crippen LogP contribution in [0.5, 0.6) is 0 Å². The van der Waals surface area contributed by atoms with Crippen LogP contribution in [-0.2, 0) is 6.61 Å². The number of aliphatic hydroxyl groups is 1. The van der Waals surface area contributed by atoms with E-state index in [1.54, 1.807) is 0 Å². The molecule has 15 heavy (non-hydrogen) atoms. The van der Waals surface area contributed by atoms with Crippen LogP contribution < -0.4 is 0 Å². The highest BCUT2D eigenvalue weighted by atomic mass is 16.3. The maximum absolute atomic E-state index is 9.20. The summed E-state index contributed by atoms with van der Waals surface area (Å²) in [5.74, 6) is 1.66. The van der Waals surface area contributed by atoms with E-state index >= 15 is 0 Å². The first-order chi connectivity index (χ1) is 7.24. The van der Waals surface area contributed by atoms with E-state index in [2.05, 4.69) is 0 Å². The standard InChI is InChI=1S/C13H14O2/c1-9-12(8-14)10(2)15-13(9)11-6-4-3-5-7-11/h3-7,14H,8H2,1-2H3. The number of aryl methyl sites for hydroxylation is 1. The minimum atomic E-state index is 0.0357. The van der Waals surface area contributed by atoms with Crippen LogP contribution in [0.25, 0.3) is 11.3 Å². The average molecular weight is 202 g/mol. The molecule has 0 bridgehead atoms. The van der Waals surface area contributed by atoms with Crippen LogP contribution in [-0.4, -0.2) is 5.11 Å². The number of benzene rings is 1. The predicted molar refractivity (Wildman–Crippen MR) is 59.5 cm³/mol. The van der Waals surface area contributed by atoms with Gasteiger partial charge >= 0.3 is 0 Å². The summed E-state index contributed by atoms with van der Waals surface area (Å²) < 4.78 is 5.66. The molecule has 2 aromatic rings. The lowest BCUT2D eigenvalue weighted by Crippen LogP contribution is -1.86. The monoisotopic (exact) mass is 202 g/mol. The van der Waals surface area contributed by atoms with Crippen molar-refractivity contribution in [2.75, 3.05) is 0 Å². The molecule has 0 atom stereocenters. The second-order valence-electron chi connectivity index (χ2n) is 3.62. The van der Waals surface area contributed by atoms with Gasteiger partial charge in [0, 0.05) is 16.7 Å². The zero-order valence-electron chi connectivity index (χ0n) is 8.95. The molecule has 2 nitrogen and oxygen atoms in total. The second kappa shape index (κ2) is 3.91. The summed E-state index contributed by atoms with van der Waals surface area (Å²) in [5.41, 5.74) is 2.98. The van der Waals surface area contributed by atoms with Crippen LogP contribution in [0.2, 0.25) is 0 Å². The van der Waals surface area contributed by atoms with Crippen LogP contribution in [0.4, 0.5) is 0 Å². The Kier molecular flexibility index (Phi) is 2.60. The fraction of sp³-hybridized carbons (Fsp3) is 0.231. The summed E-state index contributed by atoms with van der Waals surface area (Å²) >= 11 is 0. The third kappa shape index (κ3) is 1.68. The highest BCUT2D eigenvalue weighted by Crippen LogP contribution is 2.30. The SMILES string of the molecule is Cc1oc(-c2ccccc2)c(C)c1CO. The van der Waals surface area contributed by atoms with Crippen LogP contribution >= 0.6 is 0 Å². The third-order valence-corrected chi connectivity index (χ3v) is 2.67.